The lowest BCUT2D eigenvalue weighted by atomic mass is 10.1. The quantitative estimate of drug-likeness (QED) is 0.206. The number of nitrogens with zero attached hydrogens (tertiary/aromatic N) is 1. The lowest BCUT2D eigenvalue weighted by Gasteiger charge is -2.16. The predicted molar refractivity (Wildman–Crippen MR) is 134 cm³/mol. The molecule has 0 aliphatic heterocycles. The van der Waals surface area contributed by atoms with Crippen LogP contribution in [0.5, 0.6) is 11.5 Å². The number of hydrogen-bond acceptors (Lipinski definition) is 4. The molecule has 0 heterocycles. The molecule has 0 aliphatic rings. The molecule has 0 aromatic heterocycles. The molecule has 0 fully saturated rings. The first kappa shape index (κ1) is 25.3. The van der Waals surface area contributed by atoms with E-state index in [4.69, 9.17) is 32.7 Å². The number of nitrogens with one attached hydrogen (secondary N) is 1. The van der Waals surface area contributed by atoms with Crippen molar-refractivity contribution >= 4 is 35.3 Å². The van der Waals surface area contributed by atoms with Crippen molar-refractivity contribution in [3.63, 3.8) is 0 Å². The number of carbonyl (C=O) groups excluding carboxylic acids is 1. The van der Waals surface area contributed by atoms with Gasteiger partial charge in [-0.3, -0.25) is 4.79 Å². The summed E-state index contributed by atoms with van der Waals surface area (Å²) >= 11 is 12.1. The van der Waals surface area contributed by atoms with E-state index in [2.05, 4.69) is 17.1 Å². The van der Waals surface area contributed by atoms with Crippen LogP contribution in [0.4, 0.5) is 4.39 Å². The molecule has 3 aromatic carbocycles. The fraction of sp³-hybridized carbons (Fsp3) is 0.154. The Balaban J connectivity index is 1.72. The highest BCUT2D eigenvalue weighted by molar-refractivity contribution is 6.42. The second-order valence-corrected chi connectivity index (χ2v) is 8.15. The van der Waals surface area contributed by atoms with Crippen molar-refractivity contribution in [2.45, 2.75) is 19.4 Å². The van der Waals surface area contributed by atoms with E-state index in [9.17, 15) is 9.18 Å². The second-order valence-electron chi connectivity index (χ2n) is 7.34. The lowest BCUT2D eigenvalue weighted by Crippen LogP contribution is -2.19. The van der Waals surface area contributed by atoms with Gasteiger partial charge in [-0.2, -0.15) is 5.10 Å². The standard InChI is InChI=1S/C26H23Cl2FN2O3/c1-3-4-20-11-19(15-30-31-25(32)14-17-5-8-21(29)9-6-17)13-24(33-2)26(20)34-16-18-7-10-22(27)23(28)12-18/h3,5-13,15H,1,4,14,16H2,2H3,(H,31,32)/b30-15+. The van der Waals surface area contributed by atoms with Gasteiger partial charge in [0.15, 0.2) is 11.5 Å². The molecule has 0 saturated heterocycles. The van der Waals surface area contributed by atoms with Crippen molar-refractivity contribution in [3.05, 3.63) is 105 Å². The van der Waals surface area contributed by atoms with Crippen molar-refractivity contribution in [2.24, 2.45) is 5.10 Å². The molecule has 0 bridgehead atoms. The Hall–Kier alpha value is -3.35. The fourth-order valence-electron chi connectivity index (χ4n) is 3.17. The van der Waals surface area contributed by atoms with Crippen LogP contribution in [-0.4, -0.2) is 19.2 Å². The van der Waals surface area contributed by atoms with E-state index in [0.717, 1.165) is 11.1 Å². The molecule has 0 radical (unpaired) electrons. The number of halogens is 3. The number of hydrogen-bond donors (Lipinski definition) is 1. The first-order valence-electron chi connectivity index (χ1n) is 10.3. The molecule has 0 aliphatic carbocycles. The van der Waals surface area contributed by atoms with E-state index in [1.54, 1.807) is 43.5 Å². The SMILES string of the molecule is C=CCc1cc(/C=N/NC(=O)Cc2ccc(F)cc2)cc(OC)c1OCc1ccc(Cl)c(Cl)c1. The Kier molecular flexibility index (Phi) is 9.08. The van der Waals surface area contributed by atoms with E-state index in [0.29, 0.717) is 39.1 Å². The molecule has 34 heavy (non-hydrogen) atoms. The molecular formula is C26H23Cl2FN2O3. The van der Waals surface area contributed by atoms with Gasteiger partial charge in [0.05, 0.1) is 29.8 Å². The summed E-state index contributed by atoms with van der Waals surface area (Å²) in [6.07, 6.45) is 3.89. The Bertz CT molecular complexity index is 1200. The highest BCUT2D eigenvalue weighted by Crippen LogP contribution is 2.34. The van der Waals surface area contributed by atoms with Crippen LogP contribution >= 0.6 is 23.2 Å². The van der Waals surface area contributed by atoms with Gasteiger partial charge in [0, 0.05) is 5.56 Å². The van der Waals surface area contributed by atoms with Gasteiger partial charge in [-0.1, -0.05) is 47.5 Å². The third kappa shape index (κ3) is 7.07. The Morgan fingerprint density at radius 3 is 2.50 bits per heavy atom. The molecule has 3 aromatic rings. The molecule has 0 atom stereocenters. The van der Waals surface area contributed by atoms with E-state index < -0.39 is 0 Å². The Labute approximate surface area is 207 Å². The maximum Gasteiger partial charge on any atom is 0.244 e. The number of rotatable bonds is 10. The van der Waals surface area contributed by atoms with Crippen molar-refractivity contribution in [2.75, 3.05) is 7.11 Å². The van der Waals surface area contributed by atoms with Crippen LogP contribution < -0.4 is 14.9 Å². The molecular weight excluding hydrogens is 478 g/mol. The van der Waals surface area contributed by atoms with Crippen LogP contribution in [0.1, 0.15) is 22.3 Å². The largest absolute Gasteiger partial charge is 0.493 e. The highest BCUT2D eigenvalue weighted by Gasteiger charge is 2.13. The molecule has 0 unspecified atom stereocenters. The van der Waals surface area contributed by atoms with Crippen LogP contribution in [0.3, 0.4) is 0 Å². The molecule has 1 amide bonds. The smallest absolute Gasteiger partial charge is 0.244 e. The van der Waals surface area contributed by atoms with Crippen molar-refractivity contribution in [1.29, 1.82) is 0 Å². The van der Waals surface area contributed by atoms with Gasteiger partial charge in [-0.15, -0.1) is 6.58 Å². The number of carbonyl (C=O) groups is 1. The first-order valence-corrected chi connectivity index (χ1v) is 11.1. The maximum absolute atomic E-state index is 13.0. The van der Waals surface area contributed by atoms with E-state index in [-0.39, 0.29) is 24.8 Å². The molecule has 0 saturated carbocycles. The van der Waals surface area contributed by atoms with Gasteiger partial charge in [-0.05, 0) is 59.5 Å². The van der Waals surface area contributed by atoms with Gasteiger partial charge in [0.25, 0.3) is 0 Å². The van der Waals surface area contributed by atoms with E-state index in [1.165, 1.54) is 18.3 Å². The number of hydrazone groups is 1. The minimum Gasteiger partial charge on any atom is -0.493 e. The van der Waals surface area contributed by atoms with Crippen LogP contribution in [0.25, 0.3) is 0 Å². The fourth-order valence-corrected chi connectivity index (χ4v) is 3.49. The predicted octanol–water partition coefficient (Wildman–Crippen LogP) is 6.14. The van der Waals surface area contributed by atoms with Gasteiger partial charge in [-0.25, -0.2) is 9.82 Å². The summed E-state index contributed by atoms with van der Waals surface area (Å²) in [5.41, 5.74) is 5.57. The molecule has 1 N–H and O–H groups in total. The Morgan fingerprint density at radius 2 is 1.82 bits per heavy atom. The molecule has 0 spiro atoms. The van der Waals surface area contributed by atoms with Gasteiger partial charge in [0.1, 0.15) is 12.4 Å². The molecule has 176 valence electrons. The summed E-state index contributed by atoms with van der Waals surface area (Å²) in [5.74, 6) is 0.419. The topological polar surface area (TPSA) is 59.9 Å². The molecule has 5 nitrogen and oxygen atoms in total. The minimum absolute atomic E-state index is 0.0874. The van der Waals surface area contributed by atoms with Gasteiger partial charge in [0.2, 0.25) is 5.91 Å². The van der Waals surface area contributed by atoms with Gasteiger partial charge < -0.3 is 9.47 Å². The van der Waals surface area contributed by atoms with Crippen LogP contribution in [0.15, 0.2) is 72.4 Å². The van der Waals surface area contributed by atoms with Crippen LogP contribution in [0.2, 0.25) is 10.0 Å². The zero-order valence-electron chi connectivity index (χ0n) is 18.5. The van der Waals surface area contributed by atoms with Crippen molar-refractivity contribution in [3.8, 4) is 11.5 Å². The Morgan fingerprint density at radius 1 is 1.09 bits per heavy atom. The van der Waals surface area contributed by atoms with Crippen LogP contribution in [-0.2, 0) is 24.2 Å². The minimum atomic E-state index is -0.351. The average Bonchev–Trinajstić information content (AvgIpc) is 2.82. The number of ether oxygens (including phenoxy) is 2. The lowest BCUT2D eigenvalue weighted by molar-refractivity contribution is -0.120. The molecule has 8 heteroatoms. The summed E-state index contributed by atoms with van der Waals surface area (Å²) in [4.78, 5) is 12.1. The van der Waals surface area contributed by atoms with Crippen molar-refractivity contribution in [1.82, 2.24) is 5.43 Å². The molecule has 3 rings (SSSR count). The summed E-state index contributed by atoms with van der Waals surface area (Å²) in [6, 6.07) is 14.7. The monoisotopic (exact) mass is 500 g/mol. The zero-order chi connectivity index (χ0) is 24.5. The zero-order valence-corrected chi connectivity index (χ0v) is 20.0. The highest BCUT2D eigenvalue weighted by atomic mass is 35.5. The number of benzene rings is 3. The summed E-state index contributed by atoms with van der Waals surface area (Å²) < 4.78 is 24.6. The summed E-state index contributed by atoms with van der Waals surface area (Å²) in [5, 5.41) is 4.95. The van der Waals surface area contributed by atoms with Crippen molar-refractivity contribution < 1.29 is 18.7 Å². The maximum atomic E-state index is 13.0. The first-order chi connectivity index (χ1) is 16.4. The van der Waals surface area contributed by atoms with E-state index in [1.807, 2.05) is 12.1 Å². The third-order valence-electron chi connectivity index (χ3n) is 4.79. The second kappa shape index (κ2) is 12.2. The number of allylic oxidation sites excluding steroid dienone is 1. The average molecular weight is 501 g/mol. The van der Waals surface area contributed by atoms with Crippen LogP contribution in [0, 0.1) is 5.82 Å². The summed E-state index contributed by atoms with van der Waals surface area (Å²) in [6.45, 7) is 4.08. The van der Waals surface area contributed by atoms with E-state index >= 15 is 0 Å². The normalized spacial score (nSPS) is 10.8. The number of amides is 1. The number of methoxy groups -OCH3 is 1. The third-order valence-corrected chi connectivity index (χ3v) is 5.53. The van der Waals surface area contributed by atoms with Gasteiger partial charge >= 0.3 is 0 Å². The summed E-state index contributed by atoms with van der Waals surface area (Å²) in [7, 11) is 1.55.